The Balaban J connectivity index is 2.66. The number of nitrogens with one attached hydrogen (secondary N) is 1. The van der Waals surface area contributed by atoms with Gasteiger partial charge in [0.15, 0.2) is 0 Å². The number of carbonyl (C=O) groups is 1. The van der Waals surface area contributed by atoms with Gasteiger partial charge in [0.2, 0.25) is 0 Å². The summed E-state index contributed by atoms with van der Waals surface area (Å²) in [5, 5.41) is 2.80. The van der Waals surface area contributed by atoms with Gasteiger partial charge in [-0.1, -0.05) is 0 Å². The number of ether oxygens (including phenoxy) is 1. The second-order valence-corrected chi connectivity index (χ2v) is 3.58. The van der Waals surface area contributed by atoms with E-state index in [-0.39, 0.29) is 5.91 Å². The summed E-state index contributed by atoms with van der Waals surface area (Å²) in [7, 11) is 1.61. The van der Waals surface area contributed by atoms with Gasteiger partial charge < -0.3 is 15.8 Å². The van der Waals surface area contributed by atoms with E-state index in [0.717, 1.165) is 17.7 Å². The second kappa shape index (κ2) is 6.12. The van der Waals surface area contributed by atoms with E-state index in [1.165, 1.54) is 0 Å². The van der Waals surface area contributed by atoms with Gasteiger partial charge in [0.1, 0.15) is 5.75 Å². The summed E-state index contributed by atoms with van der Waals surface area (Å²) in [5.74, 6) is 0.720. The molecule has 0 atom stereocenters. The molecule has 0 aromatic heterocycles. The van der Waals surface area contributed by atoms with Crippen molar-refractivity contribution in [2.45, 2.75) is 13.3 Å². The van der Waals surface area contributed by atoms with E-state index in [2.05, 4.69) is 5.32 Å². The summed E-state index contributed by atoms with van der Waals surface area (Å²) in [6.07, 6.45) is 0.793. The molecule has 0 saturated heterocycles. The van der Waals surface area contributed by atoms with E-state index < -0.39 is 0 Å². The maximum absolute atomic E-state index is 11.7. The molecular weight excluding hydrogens is 204 g/mol. The fraction of sp³-hybridized carbons (Fsp3) is 0.417. The summed E-state index contributed by atoms with van der Waals surface area (Å²) >= 11 is 0. The van der Waals surface area contributed by atoms with E-state index in [4.69, 9.17) is 10.5 Å². The lowest BCUT2D eigenvalue weighted by atomic mass is 10.1. The molecule has 3 N–H and O–H groups in total. The molecule has 0 aliphatic heterocycles. The van der Waals surface area contributed by atoms with Crippen LogP contribution in [0.25, 0.3) is 0 Å². The van der Waals surface area contributed by atoms with Crippen molar-refractivity contribution in [2.24, 2.45) is 5.73 Å². The molecule has 0 heterocycles. The third-order valence-corrected chi connectivity index (χ3v) is 2.32. The smallest absolute Gasteiger partial charge is 0.251 e. The van der Waals surface area contributed by atoms with Crippen molar-refractivity contribution in [1.82, 2.24) is 5.32 Å². The number of aryl methyl sites for hydroxylation is 1. The minimum Gasteiger partial charge on any atom is -0.496 e. The molecule has 88 valence electrons. The third-order valence-electron chi connectivity index (χ3n) is 2.32. The van der Waals surface area contributed by atoms with Crippen LogP contribution < -0.4 is 15.8 Å². The lowest BCUT2D eigenvalue weighted by Gasteiger charge is -2.08. The van der Waals surface area contributed by atoms with E-state index in [0.29, 0.717) is 18.7 Å². The second-order valence-electron chi connectivity index (χ2n) is 3.58. The standard InChI is InChI=1S/C12H18N2O2/c1-9-8-10(4-5-11(9)16-2)12(15)14-7-3-6-13/h4-5,8H,3,6-7,13H2,1-2H3,(H,14,15). The molecule has 1 aromatic carbocycles. The van der Waals surface area contributed by atoms with Gasteiger partial charge in [-0.3, -0.25) is 4.79 Å². The molecule has 16 heavy (non-hydrogen) atoms. The minimum atomic E-state index is -0.0702. The number of rotatable bonds is 5. The van der Waals surface area contributed by atoms with E-state index in [1.807, 2.05) is 13.0 Å². The molecule has 0 aliphatic carbocycles. The normalized spacial score (nSPS) is 9.94. The highest BCUT2D eigenvalue weighted by atomic mass is 16.5. The first-order chi connectivity index (χ1) is 7.69. The van der Waals surface area contributed by atoms with Crippen LogP contribution in [0.1, 0.15) is 22.3 Å². The van der Waals surface area contributed by atoms with Crippen LogP contribution in [0.15, 0.2) is 18.2 Å². The summed E-state index contributed by atoms with van der Waals surface area (Å²) in [5.41, 5.74) is 6.95. The van der Waals surface area contributed by atoms with Crippen molar-refractivity contribution in [3.8, 4) is 5.75 Å². The van der Waals surface area contributed by atoms with Crippen LogP contribution >= 0.6 is 0 Å². The predicted octanol–water partition coefficient (Wildman–Crippen LogP) is 1.08. The lowest BCUT2D eigenvalue weighted by molar-refractivity contribution is 0.0953. The Morgan fingerprint density at radius 1 is 1.50 bits per heavy atom. The number of hydrogen-bond donors (Lipinski definition) is 2. The van der Waals surface area contributed by atoms with Gasteiger partial charge in [-0.05, 0) is 43.7 Å². The zero-order valence-corrected chi connectivity index (χ0v) is 9.75. The zero-order chi connectivity index (χ0) is 12.0. The van der Waals surface area contributed by atoms with Crippen molar-refractivity contribution < 1.29 is 9.53 Å². The molecule has 0 radical (unpaired) electrons. The molecule has 0 unspecified atom stereocenters. The number of amides is 1. The SMILES string of the molecule is COc1ccc(C(=O)NCCCN)cc1C. The molecular formula is C12H18N2O2. The fourth-order valence-corrected chi connectivity index (χ4v) is 1.43. The van der Waals surface area contributed by atoms with Crippen LogP contribution in [0.3, 0.4) is 0 Å². The van der Waals surface area contributed by atoms with Gasteiger partial charge >= 0.3 is 0 Å². The molecule has 4 heteroatoms. The van der Waals surface area contributed by atoms with Crippen LogP contribution in [0.4, 0.5) is 0 Å². The number of methoxy groups -OCH3 is 1. The summed E-state index contributed by atoms with van der Waals surface area (Å²) in [6.45, 7) is 3.11. The Morgan fingerprint density at radius 3 is 2.81 bits per heavy atom. The summed E-state index contributed by atoms with van der Waals surface area (Å²) < 4.78 is 5.13. The third kappa shape index (κ3) is 3.24. The summed E-state index contributed by atoms with van der Waals surface area (Å²) in [6, 6.07) is 5.37. The van der Waals surface area contributed by atoms with Crippen LogP contribution in [0.2, 0.25) is 0 Å². The van der Waals surface area contributed by atoms with Crippen molar-refractivity contribution in [1.29, 1.82) is 0 Å². The van der Waals surface area contributed by atoms with Crippen molar-refractivity contribution in [3.05, 3.63) is 29.3 Å². The Kier molecular flexibility index (Phi) is 4.79. The van der Waals surface area contributed by atoms with E-state index in [1.54, 1.807) is 19.2 Å². The van der Waals surface area contributed by atoms with Crippen LogP contribution in [0, 0.1) is 6.92 Å². The highest BCUT2D eigenvalue weighted by molar-refractivity contribution is 5.94. The van der Waals surface area contributed by atoms with Crippen LogP contribution in [-0.2, 0) is 0 Å². The average Bonchev–Trinajstić information content (AvgIpc) is 2.29. The zero-order valence-electron chi connectivity index (χ0n) is 9.75. The highest BCUT2D eigenvalue weighted by Crippen LogP contribution is 2.18. The molecule has 1 rings (SSSR count). The fourth-order valence-electron chi connectivity index (χ4n) is 1.43. The molecule has 1 aromatic rings. The van der Waals surface area contributed by atoms with Gasteiger partial charge in [0.25, 0.3) is 5.91 Å². The first-order valence-corrected chi connectivity index (χ1v) is 5.32. The first kappa shape index (κ1) is 12.5. The van der Waals surface area contributed by atoms with Crippen LogP contribution in [-0.4, -0.2) is 26.1 Å². The molecule has 0 saturated carbocycles. The average molecular weight is 222 g/mol. The van der Waals surface area contributed by atoms with Crippen molar-refractivity contribution in [3.63, 3.8) is 0 Å². The van der Waals surface area contributed by atoms with E-state index >= 15 is 0 Å². The highest BCUT2D eigenvalue weighted by Gasteiger charge is 2.06. The lowest BCUT2D eigenvalue weighted by Crippen LogP contribution is -2.25. The van der Waals surface area contributed by atoms with Crippen molar-refractivity contribution >= 4 is 5.91 Å². The Morgan fingerprint density at radius 2 is 2.25 bits per heavy atom. The summed E-state index contributed by atoms with van der Waals surface area (Å²) in [4.78, 5) is 11.7. The molecule has 0 aliphatic rings. The van der Waals surface area contributed by atoms with Gasteiger partial charge in [0, 0.05) is 12.1 Å². The van der Waals surface area contributed by atoms with Gasteiger partial charge in [-0.2, -0.15) is 0 Å². The van der Waals surface area contributed by atoms with Gasteiger partial charge in [-0.25, -0.2) is 0 Å². The number of nitrogens with two attached hydrogens (primary N) is 1. The molecule has 0 spiro atoms. The quantitative estimate of drug-likeness (QED) is 0.733. The molecule has 0 fully saturated rings. The number of benzene rings is 1. The van der Waals surface area contributed by atoms with Gasteiger partial charge in [0.05, 0.1) is 7.11 Å². The topological polar surface area (TPSA) is 64.3 Å². The maximum atomic E-state index is 11.7. The Labute approximate surface area is 95.8 Å². The molecule has 1 amide bonds. The monoisotopic (exact) mass is 222 g/mol. The maximum Gasteiger partial charge on any atom is 0.251 e. The van der Waals surface area contributed by atoms with Crippen LogP contribution in [0.5, 0.6) is 5.75 Å². The Bertz CT molecular complexity index is 364. The molecule has 4 nitrogen and oxygen atoms in total. The Hall–Kier alpha value is -1.55. The molecule has 0 bridgehead atoms. The first-order valence-electron chi connectivity index (χ1n) is 5.32. The minimum absolute atomic E-state index is 0.0702. The number of carbonyl (C=O) groups excluding carboxylic acids is 1. The van der Waals surface area contributed by atoms with E-state index in [9.17, 15) is 4.79 Å². The largest absolute Gasteiger partial charge is 0.496 e. The number of hydrogen-bond acceptors (Lipinski definition) is 3. The predicted molar refractivity (Wildman–Crippen MR) is 63.7 cm³/mol. The van der Waals surface area contributed by atoms with Crippen molar-refractivity contribution in [2.75, 3.05) is 20.2 Å². The van der Waals surface area contributed by atoms with Gasteiger partial charge in [-0.15, -0.1) is 0 Å².